The summed E-state index contributed by atoms with van der Waals surface area (Å²) in [4.78, 5) is 18.9. The minimum atomic E-state index is -4.24. The standard InChI is InChI=1S/C19H26F3N3O/c20-19(21,22)16-7-1-2-8-17(16)24-18(26)15-6-4-10-25(13-15)12-14-5-3-9-23-11-14/h3,5,9,11,15-17H,1-2,4,6-8,10,12-13H2,(H,24,26). The molecule has 3 rings (SSSR count). The molecule has 26 heavy (non-hydrogen) atoms. The van der Waals surface area contributed by atoms with Crippen LogP contribution >= 0.6 is 0 Å². The third kappa shape index (κ3) is 4.96. The van der Waals surface area contributed by atoms with Crippen LogP contribution in [-0.4, -0.2) is 41.1 Å². The first kappa shape index (κ1) is 19.1. The lowest BCUT2D eigenvalue weighted by molar-refractivity contribution is -0.189. The number of hydrogen-bond acceptors (Lipinski definition) is 3. The van der Waals surface area contributed by atoms with Gasteiger partial charge < -0.3 is 5.32 Å². The molecule has 1 aliphatic carbocycles. The Balaban J connectivity index is 1.56. The zero-order chi connectivity index (χ0) is 18.6. The topological polar surface area (TPSA) is 45.2 Å². The number of pyridine rings is 1. The molecular weight excluding hydrogens is 343 g/mol. The van der Waals surface area contributed by atoms with Gasteiger partial charge in [-0.05, 0) is 43.9 Å². The maximum Gasteiger partial charge on any atom is 0.393 e. The van der Waals surface area contributed by atoms with Crippen LogP contribution in [0.25, 0.3) is 0 Å². The molecule has 3 unspecified atom stereocenters. The van der Waals surface area contributed by atoms with Crippen molar-refractivity contribution in [1.82, 2.24) is 15.2 Å². The van der Waals surface area contributed by atoms with Crippen molar-refractivity contribution in [2.45, 2.75) is 57.3 Å². The minimum absolute atomic E-state index is 0.117. The van der Waals surface area contributed by atoms with Gasteiger partial charge in [0.2, 0.25) is 5.91 Å². The predicted molar refractivity (Wildman–Crippen MR) is 92.2 cm³/mol. The number of aromatic nitrogens is 1. The number of piperidine rings is 1. The molecule has 3 atom stereocenters. The quantitative estimate of drug-likeness (QED) is 0.883. The van der Waals surface area contributed by atoms with Crippen LogP contribution in [0.1, 0.15) is 44.1 Å². The molecule has 144 valence electrons. The number of amides is 1. The molecule has 0 spiro atoms. The Hall–Kier alpha value is -1.63. The molecule has 4 nitrogen and oxygen atoms in total. The van der Waals surface area contributed by atoms with E-state index in [2.05, 4.69) is 15.2 Å². The van der Waals surface area contributed by atoms with E-state index in [4.69, 9.17) is 0 Å². The van der Waals surface area contributed by atoms with E-state index in [9.17, 15) is 18.0 Å². The molecule has 0 radical (unpaired) electrons. The van der Waals surface area contributed by atoms with Gasteiger partial charge in [0.15, 0.2) is 0 Å². The summed E-state index contributed by atoms with van der Waals surface area (Å²) in [5, 5.41) is 2.73. The molecule has 1 aromatic heterocycles. The molecule has 1 aliphatic heterocycles. The highest BCUT2D eigenvalue weighted by Gasteiger charge is 2.46. The van der Waals surface area contributed by atoms with Crippen molar-refractivity contribution < 1.29 is 18.0 Å². The zero-order valence-corrected chi connectivity index (χ0v) is 14.8. The molecule has 2 fully saturated rings. The summed E-state index contributed by atoms with van der Waals surface area (Å²) in [7, 11) is 0. The van der Waals surface area contributed by atoms with Crippen LogP contribution in [0.2, 0.25) is 0 Å². The molecule has 1 saturated carbocycles. The third-order valence-electron chi connectivity index (χ3n) is 5.52. The van der Waals surface area contributed by atoms with Gasteiger partial charge in [-0.15, -0.1) is 0 Å². The van der Waals surface area contributed by atoms with Crippen molar-refractivity contribution >= 4 is 5.91 Å². The molecule has 1 N–H and O–H groups in total. The fourth-order valence-electron chi connectivity index (χ4n) is 4.16. The van der Waals surface area contributed by atoms with E-state index in [-0.39, 0.29) is 18.2 Å². The first-order chi connectivity index (χ1) is 12.4. The molecule has 0 aromatic carbocycles. The number of hydrogen-bond donors (Lipinski definition) is 1. The van der Waals surface area contributed by atoms with Crippen molar-refractivity contribution in [3.63, 3.8) is 0 Å². The molecular formula is C19H26F3N3O. The number of nitrogens with zero attached hydrogens (tertiary/aromatic N) is 2. The summed E-state index contributed by atoms with van der Waals surface area (Å²) in [6.45, 7) is 2.20. The van der Waals surface area contributed by atoms with E-state index in [0.29, 0.717) is 25.9 Å². The van der Waals surface area contributed by atoms with Gasteiger partial charge in [0.1, 0.15) is 0 Å². The second-order valence-corrected chi connectivity index (χ2v) is 7.48. The molecule has 2 aliphatic rings. The van der Waals surface area contributed by atoms with E-state index in [1.165, 1.54) is 0 Å². The van der Waals surface area contributed by atoms with Crippen molar-refractivity contribution in [1.29, 1.82) is 0 Å². The number of carbonyl (C=O) groups is 1. The largest absolute Gasteiger partial charge is 0.393 e. The SMILES string of the molecule is O=C(NC1CCCCC1C(F)(F)F)C1CCCN(Cc2cccnc2)C1. The van der Waals surface area contributed by atoms with Gasteiger partial charge in [0, 0.05) is 31.5 Å². The predicted octanol–water partition coefficient (Wildman–Crippen LogP) is 3.53. The van der Waals surface area contributed by atoms with Crippen LogP contribution in [0.3, 0.4) is 0 Å². The summed E-state index contributed by atoms with van der Waals surface area (Å²) in [5.74, 6) is -1.87. The average Bonchev–Trinajstić information content (AvgIpc) is 2.62. The fraction of sp³-hybridized carbons (Fsp3) is 0.684. The highest BCUT2D eigenvalue weighted by Crippen LogP contribution is 2.38. The number of carbonyl (C=O) groups excluding carboxylic acids is 1. The second kappa shape index (κ2) is 8.37. The zero-order valence-electron chi connectivity index (χ0n) is 14.8. The van der Waals surface area contributed by atoms with E-state index in [0.717, 1.165) is 31.4 Å². The molecule has 1 aromatic rings. The van der Waals surface area contributed by atoms with Crippen molar-refractivity contribution in [3.05, 3.63) is 30.1 Å². The Bertz CT molecular complexity index is 593. The molecule has 2 heterocycles. The Morgan fingerprint density at radius 2 is 2.04 bits per heavy atom. The fourth-order valence-corrected chi connectivity index (χ4v) is 4.16. The van der Waals surface area contributed by atoms with Crippen LogP contribution in [0.4, 0.5) is 13.2 Å². The lowest BCUT2D eigenvalue weighted by atomic mass is 9.83. The second-order valence-electron chi connectivity index (χ2n) is 7.48. The Morgan fingerprint density at radius 3 is 2.77 bits per heavy atom. The summed E-state index contributed by atoms with van der Waals surface area (Å²) >= 11 is 0. The monoisotopic (exact) mass is 369 g/mol. The van der Waals surface area contributed by atoms with Crippen LogP contribution in [-0.2, 0) is 11.3 Å². The van der Waals surface area contributed by atoms with Gasteiger partial charge in [-0.3, -0.25) is 14.7 Å². The van der Waals surface area contributed by atoms with E-state index < -0.39 is 18.1 Å². The maximum absolute atomic E-state index is 13.2. The number of alkyl halides is 3. The van der Waals surface area contributed by atoms with Crippen LogP contribution in [0, 0.1) is 11.8 Å². The van der Waals surface area contributed by atoms with E-state index in [1.807, 2.05) is 12.1 Å². The number of nitrogens with one attached hydrogen (secondary N) is 1. The van der Waals surface area contributed by atoms with Crippen LogP contribution < -0.4 is 5.32 Å². The molecule has 1 amide bonds. The highest BCUT2D eigenvalue weighted by molar-refractivity contribution is 5.79. The van der Waals surface area contributed by atoms with Crippen LogP contribution in [0.5, 0.6) is 0 Å². The van der Waals surface area contributed by atoms with Crippen molar-refractivity contribution in [3.8, 4) is 0 Å². The first-order valence-electron chi connectivity index (χ1n) is 9.42. The lowest BCUT2D eigenvalue weighted by Gasteiger charge is -2.36. The van der Waals surface area contributed by atoms with Crippen molar-refractivity contribution in [2.24, 2.45) is 11.8 Å². The maximum atomic E-state index is 13.2. The number of likely N-dealkylation sites (tertiary alicyclic amines) is 1. The summed E-state index contributed by atoms with van der Waals surface area (Å²) in [5.41, 5.74) is 1.08. The van der Waals surface area contributed by atoms with Gasteiger partial charge in [0.05, 0.1) is 11.8 Å². The van der Waals surface area contributed by atoms with Gasteiger partial charge >= 0.3 is 6.18 Å². The van der Waals surface area contributed by atoms with Gasteiger partial charge in [-0.2, -0.15) is 13.2 Å². The van der Waals surface area contributed by atoms with Gasteiger partial charge in [0.25, 0.3) is 0 Å². The minimum Gasteiger partial charge on any atom is -0.352 e. The third-order valence-corrected chi connectivity index (χ3v) is 5.52. The Labute approximate surface area is 152 Å². The highest BCUT2D eigenvalue weighted by atomic mass is 19.4. The lowest BCUT2D eigenvalue weighted by Crippen LogP contribution is -2.51. The summed E-state index contributed by atoms with van der Waals surface area (Å²) < 4.78 is 39.7. The molecule has 0 bridgehead atoms. The van der Waals surface area contributed by atoms with Gasteiger partial charge in [-0.1, -0.05) is 18.9 Å². The van der Waals surface area contributed by atoms with E-state index >= 15 is 0 Å². The molecule has 7 heteroatoms. The smallest absolute Gasteiger partial charge is 0.352 e. The number of rotatable bonds is 4. The van der Waals surface area contributed by atoms with Gasteiger partial charge in [-0.25, -0.2) is 0 Å². The number of halogens is 3. The summed E-state index contributed by atoms with van der Waals surface area (Å²) in [6, 6.07) is 3.10. The van der Waals surface area contributed by atoms with Crippen molar-refractivity contribution in [2.75, 3.05) is 13.1 Å². The van der Waals surface area contributed by atoms with Crippen LogP contribution in [0.15, 0.2) is 24.5 Å². The molecule has 1 saturated heterocycles. The van der Waals surface area contributed by atoms with E-state index in [1.54, 1.807) is 12.4 Å². The Kier molecular flexibility index (Phi) is 6.16. The normalized spacial score (nSPS) is 27.9. The summed E-state index contributed by atoms with van der Waals surface area (Å²) in [6.07, 6.45) is 2.76. The first-order valence-corrected chi connectivity index (χ1v) is 9.42. The Morgan fingerprint density at radius 1 is 1.23 bits per heavy atom. The average molecular weight is 369 g/mol.